The number of cyclic esters (lactones) is 1. The van der Waals surface area contributed by atoms with E-state index in [-0.39, 0.29) is 38.1 Å². The predicted molar refractivity (Wildman–Crippen MR) is 216 cm³/mol. The number of likely N-dealkylation sites (tertiary alicyclic amines) is 1. The van der Waals surface area contributed by atoms with Gasteiger partial charge in [0.2, 0.25) is 0 Å². The van der Waals surface area contributed by atoms with E-state index in [1.807, 2.05) is 63.2 Å². The summed E-state index contributed by atoms with van der Waals surface area (Å²) in [6.07, 6.45) is -5.05. The first-order valence-electron chi connectivity index (χ1n) is 20.8. The molecule has 328 valence electrons. The molecule has 3 fully saturated rings. The number of Topliss-reactive ketones (excluding diaryl/α,β-unsaturated/α-hetero) is 1. The van der Waals surface area contributed by atoms with Crippen LogP contribution in [0.4, 0.5) is 4.79 Å². The van der Waals surface area contributed by atoms with E-state index in [1.165, 1.54) is 21.0 Å². The molecular weight excluding hydrogens is 750 g/mol. The fourth-order valence-electron chi connectivity index (χ4n) is 8.75. The van der Waals surface area contributed by atoms with Gasteiger partial charge < -0.3 is 53.6 Å². The average molecular weight is 820 g/mol. The highest BCUT2D eigenvalue weighted by Gasteiger charge is 2.51. The number of oxime groups is 1. The maximum absolute atomic E-state index is 14.2. The Bertz CT molecular complexity index is 1540. The predicted octanol–water partition coefficient (Wildman–Crippen LogP) is 4.33. The van der Waals surface area contributed by atoms with Crippen molar-refractivity contribution in [1.82, 2.24) is 9.80 Å². The van der Waals surface area contributed by atoms with E-state index in [9.17, 15) is 29.7 Å². The fourth-order valence-corrected chi connectivity index (χ4v) is 8.75. The summed E-state index contributed by atoms with van der Waals surface area (Å²) in [7, 11) is 5.24. The van der Waals surface area contributed by atoms with Gasteiger partial charge in [0.05, 0.1) is 36.2 Å². The summed E-state index contributed by atoms with van der Waals surface area (Å²) in [5, 5.41) is 40.0. The van der Waals surface area contributed by atoms with Gasteiger partial charge in [-0.15, -0.1) is 0 Å². The number of rotatable bonds is 9. The number of aliphatic hydroxyl groups is 3. The molecule has 3 aliphatic heterocycles. The third kappa shape index (κ3) is 11.1. The minimum atomic E-state index is -1.96. The van der Waals surface area contributed by atoms with Crippen LogP contribution in [0.1, 0.15) is 93.1 Å². The van der Waals surface area contributed by atoms with Crippen LogP contribution in [0.25, 0.3) is 0 Å². The third-order valence-electron chi connectivity index (χ3n) is 12.5. The molecule has 1 aromatic carbocycles. The maximum atomic E-state index is 14.2. The summed E-state index contributed by atoms with van der Waals surface area (Å²) in [6.45, 7) is 14.4. The van der Waals surface area contributed by atoms with Crippen LogP contribution < -0.4 is 0 Å². The number of hydrogen-bond donors (Lipinski definition) is 3. The second-order valence-electron chi connectivity index (χ2n) is 17.3. The summed E-state index contributed by atoms with van der Waals surface area (Å²) in [5.41, 5.74) is -1.99. The number of methoxy groups -OCH3 is 1. The number of carbonyl (C=O) groups excluding carboxylic acids is 3. The molecule has 0 saturated carbocycles. The maximum Gasteiger partial charge on any atom is 0.410 e. The molecular formula is C43H69N3O12. The number of ketones is 1. The van der Waals surface area contributed by atoms with Gasteiger partial charge in [0, 0.05) is 37.5 Å². The molecule has 4 rings (SSSR count). The minimum absolute atomic E-state index is 0.137. The van der Waals surface area contributed by atoms with Crippen LogP contribution >= 0.6 is 0 Å². The molecule has 15 nitrogen and oxygen atoms in total. The molecule has 3 heterocycles. The van der Waals surface area contributed by atoms with Gasteiger partial charge in [0.25, 0.3) is 0 Å². The van der Waals surface area contributed by atoms with Crippen LogP contribution in [0.3, 0.4) is 0 Å². The summed E-state index contributed by atoms with van der Waals surface area (Å²) < 4.78 is 30.5. The van der Waals surface area contributed by atoms with Crippen molar-refractivity contribution in [2.75, 3.05) is 34.3 Å². The van der Waals surface area contributed by atoms with E-state index in [2.05, 4.69) is 5.16 Å². The molecule has 0 spiro atoms. The Morgan fingerprint density at radius 3 is 2.34 bits per heavy atom. The highest BCUT2D eigenvalue weighted by Crippen LogP contribution is 2.39. The number of amides is 1. The molecule has 0 radical (unpaired) electrons. The fraction of sp³-hybridized carbons (Fsp3) is 0.767. The Morgan fingerprint density at radius 1 is 1.05 bits per heavy atom. The smallest absolute Gasteiger partial charge is 0.410 e. The van der Waals surface area contributed by atoms with Gasteiger partial charge >= 0.3 is 12.1 Å². The number of aliphatic hydroxyl groups excluding tert-OH is 2. The topological polar surface area (TPSA) is 186 Å². The van der Waals surface area contributed by atoms with E-state index >= 15 is 0 Å². The van der Waals surface area contributed by atoms with Crippen molar-refractivity contribution >= 4 is 23.6 Å². The Morgan fingerprint density at radius 2 is 1.72 bits per heavy atom. The van der Waals surface area contributed by atoms with Crippen LogP contribution in [-0.4, -0.2) is 143 Å². The highest BCUT2D eigenvalue weighted by atomic mass is 16.7. The number of hydrogen-bond acceptors (Lipinski definition) is 14. The van der Waals surface area contributed by atoms with Crippen LogP contribution in [0.5, 0.6) is 0 Å². The average Bonchev–Trinajstić information content (AvgIpc) is 3.20. The zero-order valence-electron chi connectivity index (χ0n) is 36.3. The molecule has 0 aromatic heterocycles. The monoisotopic (exact) mass is 819 g/mol. The second kappa shape index (κ2) is 20.4. The van der Waals surface area contributed by atoms with Gasteiger partial charge in [-0.2, -0.15) is 0 Å². The first-order chi connectivity index (χ1) is 27.2. The molecule has 1 amide bonds. The van der Waals surface area contributed by atoms with Gasteiger partial charge in [-0.1, -0.05) is 63.2 Å². The molecule has 15 heteroatoms. The zero-order chi connectivity index (χ0) is 43.1. The van der Waals surface area contributed by atoms with E-state index in [0.29, 0.717) is 31.5 Å². The first-order valence-corrected chi connectivity index (χ1v) is 20.8. The Kier molecular flexibility index (Phi) is 16.7. The lowest BCUT2D eigenvalue weighted by Gasteiger charge is -2.47. The van der Waals surface area contributed by atoms with E-state index in [1.54, 1.807) is 32.6 Å². The van der Waals surface area contributed by atoms with Crippen molar-refractivity contribution in [2.24, 2.45) is 28.8 Å². The summed E-state index contributed by atoms with van der Waals surface area (Å²) in [6, 6.07) is 9.13. The molecule has 3 saturated heterocycles. The number of piperidine rings is 1. The molecule has 0 unspecified atom stereocenters. The number of benzene rings is 1. The molecule has 0 bridgehead atoms. The van der Waals surface area contributed by atoms with Gasteiger partial charge in [0.1, 0.15) is 36.4 Å². The summed E-state index contributed by atoms with van der Waals surface area (Å²) in [5.74, 6) is -4.95. The lowest BCUT2D eigenvalue weighted by atomic mass is 9.74. The van der Waals surface area contributed by atoms with Gasteiger partial charge in [-0.3, -0.25) is 9.59 Å². The molecule has 3 aliphatic rings. The van der Waals surface area contributed by atoms with E-state index in [0.717, 1.165) is 5.56 Å². The SMILES string of the molecule is CC[C@H]1OC(=O)[C@H](C)C(=O)[C@H](C)[C@@H](O[C@@H]2O[C@H](C)C[C@H](N(C)C)[C@H]2O)[C@](C)(OC)C[C@@H](C)/C(=N\O[C@@H]2CCCN(C(=O)OCc3ccccc3)C2)[C@H](C)[C@@H](O)[C@]1(C)O. The third-order valence-corrected chi connectivity index (χ3v) is 12.5. The Hall–Kier alpha value is -3.18. The molecule has 1 aromatic rings. The molecule has 0 aliphatic carbocycles. The van der Waals surface area contributed by atoms with Crippen LogP contribution in [0, 0.1) is 23.7 Å². The first kappa shape index (κ1) is 47.5. The Balaban J connectivity index is 1.71. The van der Waals surface area contributed by atoms with Gasteiger partial charge in [0.15, 0.2) is 12.1 Å². The normalized spacial score (nSPS) is 39.2. The summed E-state index contributed by atoms with van der Waals surface area (Å²) >= 11 is 0. The number of carbonyl (C=O) groups is 3. The van der Waals surface area contributed by atoms with Crippen molar-refractivity contribution in [3.8, 4) is 0 Å². The minimum Gasteiger partial charge on any atom is -0.459 e. The molecule has 14 atom stereocenters. The van der Waals surface area contributed by atoms with Crippen molar-refractivity contribution in [3.63, 3.8) is 0 Å². The summed E-state index contributed by atoms with van der Waals surface area (Å²) in [4.78, 5) is 50.7. The number of ether oxygens (including phenoxy) is 5. The molecule has 3 N–H and O–H groups in total. The number of nitrogens with zero attached hydrogens (tertiary/aromatic N) is 3. The zero-order valence-corrected chi connectivity index (χ0v) is 36.3. The quantitative estimate of drug-likeness (QED) is 0.182. The van der Waals surface area contributed by atoms with Crippen molar-refractivity contribution in [2.45, 2.75) is 154 Å². The van der Waals surface area contributed by atoms with Crippen LogP contribution in [0.2, 0.25) is 0 Å². The standard InChI is InChI=1S/C43H69N3O12/c1-12-33-43(8,52)37(49)27(4)34(44-58-31-19-16-20-46(23-31)41(51)54-24-30-17-14-13-15-18-30)25(2)22-42(7,53-11)38(28(5)35(47)29(6)39(50)56-33)57-40-36(48)32(45(9)10)21-26(3)55-40/h13-15,17-18,25-29,31-33,36-38,40,48-49,52H,12,16,19-24H2,1-11H3/b44-34+/t25-,26-,27+,28+,29-,31-,32+,33-,36-,37-,38-,40+,42-,43-/m1/s1. The van der Waals surface area contributed by atoms with Crippen molar-refractivity contribution in [3.05, 3.63) is 35.9 Å². The molecule has 58 heavy (non-hydrogen) atoms. The second-order valence-corrected chi connectivity index (χ2v) is 17.3. The largest absolute Gasteiger partial charge is 0.459 e. The Labute approximate surface area is 344 Å². The number of likely N-dealkylation sites (N-methyl/N-ethyl adjacent to an activating group) is 1. The van der Waals surface area contributed by atoms with E-state index < -0.39 is 89.5 Å². The van der Waals surface area contributed by atoms with Crippen molar-refractivity contribution < 1.29 is 58.2 Å². The van der Waals surface area contributed by atoms with Gasteiger partial charge in [-0.25, -0.2) is 4.79 Å². The van der Waals surface area contributed by atoms with Crippen LogP contribution in [-0.2, 0) is 44.7 Å². The van der Waals surface area contributed by atoms with Crippen LogP contribution in [0.15, 0.2) is 35.5 Å². The number of esters is 1. The highest BCUT2D eigenvalue weighted by molar-refractivity contribution is 6.00. The lowest BCUT2D eigenvalue weighted by Crippen LogP contribution is -2.60. The van der Waals surface area contributed by atoms with E-state index in [4.69, 9.17) is 28.5 Å². The van der Waals surface area contributed by atoms with Gasteiger partial charge in [-0.05, 0) is 79.5 Å². The van der Waals surface area contributed by atoms with Crippen molar-refractivity contribution in [1.29, 1.82) is 0 Å². The lowest BCUT2D eigenvalue weighted by molar-refractivity contribution is -0.295.